The molecular weight excluding hydrogens is 166 g/mol. The molecule has 0 fully saturated rings. The Kier molecular flexibility index (Phi) is 1.93. The van der Waals surface area contributed by atoms with Crippen LogP contribution in [0.3, 0.4) is 0 Å². The molecular formula is C10H11NO2. The van der Waals surface area contributed by atoms with Crippen molar-refractivity contribution in [1.29, 1.82) is 0 Å². The smallest absolute Gasteiger partial charge is 0.142 e. The number of aryl methyl sites for hydroxylation is 1. The van der Waals surface area contributed by atoms with Gasteiger partial charge in [-0.05, 0) is 36.6 Å². The van der Waals surface area contributed by atoms with Gasteiger partial charge in [0.05, 0.1) is 6.04 Å². The molecule has 1 aliphatic heterocycles. The van der Waals surface area contributed by atoms with Crippen LogP contribution in [-0.2, 0) is 11.2 Å². The highest BCUT2D eigenvalue weighted by atomic mass is 16.3. The molecule has 3 heteroatoms. The van der Waals surface area contributed by atoms with Crippen molar-refractivity contribution in [2.45, 2.75) is 18.9 Å². The van der Waals surface area contributed by atoms with Gasteiger partial charge in [-0.3, -0.25) is 0 Å². The molecule has 1 unspecified atom stereocenters. The third kappa shape index (κ3) is 1.49. The van der Waals surface area contributed by atoms with Gasteiger partial charge in [0.2, 0.25) is 0 Å². The molecule has 0 aromatic heterocycles. The van der Waals surface area contributed by atoms with Gasteiger partial charge in [0.25, 0.3) is 0 Å². The fraction of sp³-hybridized carbons (Fsp3) is 0.300. The lowest BCUT2D eigenvalue weighted by atomic mass is 9.99. The van der Waals surface area contributed by atoms with Gasteiger partial charge in [0.15, 0.2) is 0 Å². The Hall–Kier alpha value is -1.51. The summed E-state index contributed by atoms with van der Waals surface area (Å²) < 4.78 is 0. The van der Waals surface area contributed by atoms with E-state index >= 15 is 0 Å². The maximum Gasteiger partial charge on any atom is 0.142 e. The number of hydrogen-bond donors (Lipinski definition) is 2. The van der Waals surface area contributed by atoms with Crippen molar-refractivity contribution in [2.75, 3.05) is 5.32 Å². The molecule has 0 bridgehead atoms. The van der Waals surface area contributed by atoms with Gasteiger partial charge in [-0.15, -0.1) is 0 Å². The normalized spacial score (nSPS) is 20.2. The van der Waals surface area contributed by atoms with Crippen molar-refractivity contribution < 1.29 is 9.90 Å². The predicted molar refractivity (Wildman–Crippen MR) is 49.9 cm³/mol. The quantitative estimate of drug-likeness (QED) is 0.502. The Morgan fingerprint density at radius 3 is 3.15 bits per heavy atom. The van der Waals surface area contributed by atoms with Crippen LogP contribution in [0.4, 0.5) is 5.69 Å². The fourth-order valence-corrected chi connectivity index (χ4v) is 1.61. The van der Waals surface area contributed by atoms with Crippen LogP contribution >= 0.6 is 0 Å². The van der Waals surface area contributed by atoms with Crippen molar-refractivity contribution in [3.63, 3.8) is 0 Å². The highest BCUT2D eigenvalue weighted by Gasteiger charge is 2.16. The van der Waals surface area contributed by atoms with E-state index in [-0.39, 0.29) is 11.8 Å². The predicted octanol–water partition coefficient (Wildman–Crippen LogP) is 1.32. The second kappa shape index (κ2) is 3.09. The van der Waals surface area contributed by atoms with Crippen molar-refractivity contribution in [3.05, 3.63) is 23.8 Å². The first-order valence-electron chi connectivity index (χ1n) is 4.33. The summed E-state index contributed by atoms with van der Waals surface area (Å²) in [6.45, 7) is 0. The highest BCUT2D eigenvalue weighted by Crippen LogP contribution is 2.27. The average Bonchev–Trinajstić information content (AvgIpc) is 2.17. The molecule has 0 radical (unpaired) electrons. The minimum absolute atomic E-state index is 0.0722. The Balaban J connectivity index is 2.31. The van der Waals surface area contributed by atoms with E-state index in [2.05, 4.69) is 5.32 Å². The van der Waals surface area contributed by atoms with E-state index in [1.165, 1.54) is 0 Å². The second-order valence-corrected chi connectivity index (χ2v) is 3.27. The number of phenols is 1. The summed E-state index contributed by atoms with van der Waals surface area (Å²) in [4.78, 5) is 10.5. The first-order valence-corrected chi connectivity index (χ1v) is 4.33. The zero-order valence-corrected chi connectivity index (χ0v) is 7.16. The Labute approximate surface area is 76.4 Å². The zero-order chi connectivity index (χ0) is 9.26. The molecule has 1 heterocycles. The number of benzene rings is 1. The third-order valence-electron chi connectivity index (χ3n) is 2.32. The number of hydrogen-bond acceptors (Lipinski definition) is 3. The summed E-state index contributed by atoms with van der Waals surface area (Å²) in [6.07, 6.45) is 2.58. The van der Waals surface area contributed by atoms with E-state index in [1.807, 2.05) is 0 Å². The molecule has 2 rings (SSSR count). The summed E-state index contributed by atoms with van der Waals surface area (Å²) in [5.74, 6) is 0.283. The van der Waals surface area contributed by atoms with Crippen LogP contribution in [0.15, 0.2) is 18.2 Å². The summed E-state index contributed by atoms with van der Waals surface area (Å²) in [6, 6.07) is 5.10. The van der Waals surface area contributed by atoms with E-state index in [1.54, 1.807) is 18.2 Å². The third-order valence-corrected chi connectivity index (χ3v) is 2.32. The lowest BCUT2D eigenvalue weighted by Gasteiger charge is -2.22. The number of carbonyl (C=O) groups is 1. The average molecular weight is 177 g/mol. The van der Waals surface area contributed by atoms with Gasteiger partial charge in [-0.2, -0.15) is 0 Å². The first kappa shape index (κ1) is 8.10. The summed E-state index contributed by atoms with van der Waals surface area (Å²) >= 11 is 0. The van der Waals surface area contributed by atoms with Gasteiger partial charge >= 0.3 is 0 Å². The number of rotatable bonds is 1. The minimum Gasteiger partial charge on any atom is -0.508 e. The largest absolute Gasteiger partial charge is 0.508 e. The van der Waals surface area contributed by atoms with Crippen LogP contribution in [0, 0.1) is 0 Å². The van der Waals surface area contributed by atoms with Gasteiger partial charge in [-0.25, -0.2) is 0 Å². The van der Waals surface area contributed by atoms with E-state index in [0.29, 0.717) is 0 Å². The number of nitrogens with one attached hydrogen (secondary N) is 1. The topological polar surface area (TPSA) is 49.3 Å². The summed E-state index contributed by atoms with van der Waals surface area (Å²) in [5, 5.41) is 12.3. The first-order chi connectivity index (χ1) is 6.29. The number of anilines is 1. The van der Waals surface area contributed by atoms with Crippen LogP contribution in [-0.4, -0.2) is 17.4 Å². The molecule has 1 aliphatic rings. The van der Waals surface area contributed by atoms with Gasteiger partial charge < -0.3 is 15.2 Å². The Bertz CT molecular complexity index is 336. The molecule has 1 aromatic rings. The molecule has 0 spiro atoms. The molecule has 68 valence electrons. The van der Waals surface area contributed by atoms with Crippen LogP contribution < -0.4 is 5.32 Å². The molecule has 13 heavy (non-hydrogen) atoms. The number of fused-ring (bicyclic) bond motifs is 1. The number of phenolic OH excluding ortho intramolecular Hbond substituents is 1. The Morgan fingerprint density at radius 1 is 1.54 bits per heavy atom. The van der Waals surface area contributed by atoms with Gasteiger partial charge in [0, 0.05) is 5.69 Å². The van der Waals surface area contributed by atoms with E-state index < -0.39 is 0 Å². The molecule has 0 amide bonds. The standard InChI is InChI=1S/C10H11NO2/c12-6-8-2-1-7-5-9(13)3-4-10(7)11-8/h3-6,8,11,13H,1-2H2. The monoisotopic (exact) mass is 177 g/mol. The fourth-order valence-electron chi connectivity index (χ4n) is 1.61. The Morgan fingerprint density at radius 2 is 2.38 bits per heavy atom. The molecule has 1 atom stereocenters. The van der Waals surface area contributed by atoms with Gasteiger partial charge in [-0.1, -0.05) is 0 Å². The summed E-state index contributed by atoms with van der Waals surface area (Å²) in [5.41, 5.74) is 2.04. The van der Waals surface area contributed by atoms with Crippen molar-refractivity contribution >= 4 is 12.0 Å². The second-order valence-electron chi connectivity index (χ2n) is 3.27. The van der Waals surface area contributed by atoms with E-state index in [0.717, 1.165) is 30.4 Å². The zero-order valence-electron chi connectivity index (χ0n) is 7.16. The SMILES string of the molecule is O=CC1CCc2cc(O)ccc2N1. The number of aldehydes is 1. The lowest BCUT2D eigenvalue weighted by molar-refractivity contribution is -0.108. The maximum atomic E-state index is 10.5. The van der Waals surface area contributed by atoms with Crippen molar-refractivity contribution in [3.8, 4) is 5.75 Å². The molecule has 1 aromatic carbocycles. The van der Waals surface area contributed by atoms with Crippen LogP contribution in [0.1, 0.15) is 12.0 Å². The lowest BCUT2D eigenvalue weighted by Crippen LogP contribution is -2.26. The molecule has 0 saturated carbocycles. The molecule has 3 nitrogen and oxygen atoms in total. The molecule has 0 aliphatic carbocycles. The van der Waals surface area contributed by atoms with Crippen molar-refractivity contribution in [1.82, 2.24) is 0 Å². The van der Waals surface area contributed by atoms with Crippen LogP contribution in [0.2, 0.25) is 0 Å². The molecule has 0 saturated heterocycles. The molecule has 2 N–H and O–H groups in total. The van der Waals surface area contributed by atoms with E-state index in [9.17, 15) is 9.90 Å². The van der Waals surface area contributed by atoms with Crippen LogP contribution in [0.25, 0.3) is 0 Å². The van der Waals surface area contributed by atoms with Gasteiger partial charge in [0.1, 0.15) is 12.0 Å². The maximum absolute atomic E-state index is 10.5. The summed E-state index contributed by atoms with van der Waals surface area (Å²) in [7, 11) is 0. The highest BCUT2D eigenvalue weighted by molar-refractivity contribution is 5.68. The van der Waals surface area contributed by atoms with Crippen molar-refractivity contribution in [2.24, 2.45) is 0 Å². The number of carbonyl (C=O) groups excluding carboxylic acids is 1. The minimum atomic E-state index is -0.0722. The van der Waals surface area contributed by atoms with E-state index in [4.69, 9.17) is 0 Å². The number of aromatic hydroxyl groups is 1. The van der Waals surface area contributed by atoms with Crippen LogP contribution in [0.5, 0.6) is 5.75 Å².